The zero-order valence-corrected chi connectivity index (χ0v) is 8.98. The summed E-state index contributed by atoms with van der Waals surface area (Å²) in [7, 11) is 1.36. The average Bonchev–Trinajstić information content (AvgIpc) is 2.64. The zero-order chi connectivity index (χ0) is 10.1. The van der Waals surface area contributed by atoms with Gasteiger partial charge < -0.3 is 9.14 Å². The van der Waals surface area contributed by atoms with Crippen molar-refractivity contribution >= 4 is 27.4 Å². The van der Waals surface area contributed by atoms with Gasteiger partial charge >= 0.3 is 5.97 Å². The molecule has 0 bridgehead atoms. The molecule has 14 heavy (non-hydrogen) atoms. The van der Waals surface area contributed by atoms with E-state index >= 15 is 0 Å². The first-order valence-corrected chi connectivity index (χ1v) is 4.71. The summed E-state index contributed by atoms with van der Waals surface area (Å²) in [5, 5.41) is 0. The van der Waals surface area contributed by atoms with Crippen LogP contribution in [0.4, 0.5) is 0 Å². The maximum Gasteiger partial charge on any atom is 0.339 e. The molecule has 0 aliphatic carbocycles. The van der Waals surface area contributed by atoms with Crippen molar-refractivity contribution in [2.45, 2.75) is 0 Å². The number of rotatable bonds is 1. The normalized spacial score (nSPS) is 10.4. The van der Waals surface area contributed by atoms with Crippen molar-refractivity contribution in [2.75, 3.05) is 7.11 Å². The lowest BCUT2D eigenvalue weighted by Gasteiger charge is -2.02. The van der Waals surface area contributed by atoms with Crippen molar-refractivity contribution in [3.05, 3.63) is 34.8 Å². The number of methoxy groups -OCH3 is 1. The molecule has 0 spiro atoms. The molecule has 0 radical (unpaired) electrons. The highest BCUT2D eigenvalue weighted by Crippen LogP contribution is 2.19. The molecule has 0 amide bonds. The molecular weight excluding hydrogens is 248 g/mol. The summed E-state index contributed by atoms with van der Waals surface area (Å²) >= 11 is 3.36. The summed E-state index contributed by atoms with van der Waals surface area (Å²) in [6, 6.07) is 1.71. The molecule has 2 rings (SSSR count). The molecule has 0 N–H and O–H groups in total. The molecule has 0 saturated heterocycles. The first-order valence-electron chi connectivity index (χ1n) is 3.92. The molecule has 72 valence electrons. The Hall–Kier alpha value is -1.36. The van der Waals surface area contributed by atoms with Crippen LogP contribution in [0.25, 0.3) is 5.52 Å². The lowest BCUT2D eigenvalue weighted by atomic mass is 10.3. The number of esters is 1. The number of hydrogen-bond acceptors (Lipinski definition) is 3. The monoisotopic (exact) mass is 254 g/mol. The van der Waals surface area contributed by atoms with E-state index in [1.54, 1.807) is 29.2 Å². The van der Waals surface area contributed by atoms with Gasteiger partial charge in [-0.05, 0) is 22.0 Å². The van der Waals surface area contributed by atoms with E-state index < -0.39 is 0 Å². The largest absolute Gasteiger partial charge is 0.465 e. The molecule has 0 fully saturated rings. The minimum absolute atomic E-state index is 0.360. The van der Waals surface area contributed by atoms with Crippen LogP contribution < -0.4 is 0 Å². The Labute approximate surface area is 88.6 Å². The van der Waals surface area contributed by atoms with Crippen molar-refractivity contribution in [3.63, 3.8) is 0 Å². The molecule has 0 atom stereocenters. The molecule has 2 aromatic heterocycles. The first kappa shape index (κ1) is 9.21. The fourth-order valence-corrected chi connectivity index (χ4v) is 1.77. The van der Waals surface area contributed by atoms with Crippen molar-refractivity contribution < 1.29 is 9.53 Å². The number of halogens is 1. The first-order chi connectivity index (χ1) is 6.72. The third kappa shape index (κ3) is 1.39. The zero-order valence-electron chi connectivity index (χ0n) is 7.40. The molecule has 0 unspecified atom stereocenters. The van der Waals surface area contributed by atoms with Crippen LogP contribution in [0.3, 0.4) is 0 Å². The van der Waals surface area contributed by atoms with Gasteiger partial charge in [0.1, 0.15) is 0 Å². The quantitative estimate of drug-likeness (QED) is 0.731. The summed E-state index contributed by atoms with van der Waals surface area (Å²) in [4.78, 5) is 15.2. The molecule has 0 aliphatic heterocycles. The Balaban J connectivity index is 2.64. The van der Waals surface area contributed by atoms with E-state index in [1.165, 1.54) is 7.11 Å². The Morgan fingerprint density at radius 3 is 3.14 bits per heavy atom. The summed E-state index contributed by atoms with van der Waals surface area (Å²) < 4.78 is 7.20. The van der Waals surface area contributed by atoms with Crippen LogP contribution >= 0.6 is 15.9 Å². The summed E-state index contributed by atoms with van der Waals surface area (Å²) in [5.41, 5.74) is 1.41. The average molecular weight is 255 g/mol. The second-order valence-electron chi connectivity index (χ2n) is 2.75. The number of hydrogen-bond donors (Lipinski definition) is 0. The third-order valence-electron chi connectivity index (χ3n) is 1.89. The van der Waals surface area contributed by atoms with E-state index in [0.717, 1.165) is 9.99 Å². The molecule has 0 saturated carbocycles. The number of pyridine rings is 1. The smallest absolute Gasteiger partial charge is 0.339 e. The summed E-state index contributed by atoms with van der Waals surface area (Å²) in [6.07, 6.45) is 5.02. The Kier molecular flexibility index (Phi) is 2.25. The van der Waals surface area contributed by atoms with E-state index in [1.807, 2.05) is 0 Å². The van der Waals surface area contributed by atoms with Gasteiger partial charge in [-0.25, -0.2) is 9.78 Å². The summed E-state index contributed by atoms with van der Waals surface area (Å²) in [5.74, 6) is -0.360. The second-order valence-corrected chi connectivity index (χ2v) is 3.61. The number of ether oxygens (including phenoxy) is 1. The van der Waals surface area contributed by atoms with Gasteiger partial charge in [0.25, 0.3) is 0 Å². The number of aromatic nitrogens is 2. The minimum atomic E-state index is -0.360. The van der Waals surface area contributed by atoms with Gasteiger partial charge in [-0.2, -0.15) is 0 Å². The molecule has 2 heterocycles. The van der Waals surface area contributed by atoms with Gasteiger partial charge in [-0.15, -0.1) is 0 Å². The SMILES string of the molecule is COC(=O)c1cc(Br)c2cncn2c1. The van der Waals surface area contributed by atoms with Crippen LogP contribution in [0.5, 0.6) is 0 Å². The number of carbonyl (C=O) groups excluding carboxylic acids is 1. The van der Waals surface area contributed by atoms with Crippen LogP contribution in [0, 0.1) is 0 Å². The van der Waals surface area contributed by atoms with Crippen LogP contribution in [-0.4, -0.2) is 22.5 Å². The predicted octanol–water partition coefficient (Wildman–Crippen LogP) is 1.88. The lowest BCUT2D eigenvalue weighted by Crippen LogP contribution is -2.02. The maximum atomic E-state index is 11.3. The van der Waals surface area contributed by atoms with E-state index in [-0.39, 0.29) is 5.97 Å². The van der Waals surface area contributed by atoms with Crippen LogP contribution in [0.1, 0.15) is 10.4 Å². The van der Waals surface area contributed by atoms with Gasteiger partial charge in [-0.3, -0.25) is 0 Å². The van der Waals surface area contributed by atoms with Crippen molar-refractivity contribution in [3.8, 4) is 0 Å². The number of nitrogens with zero attached hydrogens (tertiary/aromatic N) is 2. The molecule has 4 nitrogen and oxygen atoms in total. The number of fused-ring (bicyclic) bond motifs is 1. The molecular formula is C9H7BrN2O2. The van der Waals surface area contributed by atoms with E-state index in [9.17, 15) is 4.79 Å². The lowest BCUT2D eigenvalue weighted by molar-refractivity contribution is 0.0600. The highest BCUT2D eigenvalue weighted by molar-refractivity contribution is 9.10. The summed E-state index contributed by atoms with van der Waals surface area (Å²) in [6.45, 7) is 0. The van der Waals surface area contributed by atoms with E-state index in [0.29, 0.717) is 5.56 Å². The standard InChI is InChI=1S/C9H7BrN2O2/c1-14-9(13)6-2-7(10)8-3-11-5-12(8)4-6/h2-5H,1H3. The van der Waals surface area contributed by atoms with Gasteiger partial charge in [0.2, 0.25) is 0 Å². The van der Waals surface area contributed by atoms with Gasteiger partial charge in [0.15, 0.2) is 0 Å². The van der Waals surface area contributed by atoms with Gasteiger partial charge in [-0.1, -0.05) is 0 Å². The maximum absolute atomic E-state index is 11.3. The van der Waals surface area contributed by atoms with Crippen molar-refractivity contribution in [2.24, 2.45) is 0 Å². The van der Waals surface area contributed by atoms with Crippen LogP contribution in [0.2, 0.25) is 0 Å². The molecule has 5 heteroatoms. The van der Waals surface area contributed by atoms with E-state index in [2.05, 4.69) is 25.7 Å². The third-order valence-corrected chi connectivity index (χ3v) is 2.53. The predicted molar refractivity (Wildman–Crippen MR) is 54.2 cm³/mol. The van der Waals surface area contributed by atoms with Crippen LogP contribution in [-0.2, 0) is 4.74 Å². The van der Waals surface area contributed by atoms with Gasteiger partial charge in [0.05, 0.1) is 30.7 Å². The van der Waals surface area contributed by atoms with Gasteiger partial charge in [0, 0.05) is 10.7 Å². The Morgan fingerprint density at radius 1 is 1.64 bits per heavy atom. The molecule has 0 aliphatic rings. The second kappa shape index (κ2) is 3.42. The van der Waals surface area contributed by atoms with E-state index in [4.69, 9.17) is 0 Å². The minimum Gasteiger partial charge on any atom is -0.465 e. The Morgan fingerprint density at radius 2 is 2.43 bits per heavy atom. The van der Waals surface area contributed by atoms with Crippen molar-refractivity contribution in [1.29, 1.82) is 0 Å². The molecule has 2 aromatic rings. The fourth-order valence-electron chi connectivity index (χ4n) is 1.22. The number of imidazole rings is 1. The van der Waals surface area contributed by atoms with Crippen LogP contribution in [0.15, 0.2) is 29.3 Å². The fraction of sp³-hybridized carbons (Fsp3) is 0.111. The van der Waals surface area contributed by atoms with Crippen molar-refractivity contribution in [1.82, 2.24) is 9.38 Å². The molecule has 0 aromatic carbocycles. The topological polar surface area (TPSA) is 43.6 Å². The highest BCUT2D eigenvalue weighted by Gasteiger charge is 2.08. The highest BCUT2D eigenvalue weighted by atomic mass is 79.9. The number of carbonyl (C=O) groups is 1. The Bertz CT molecular complexity index is 493.